The number of amides is 1. The van der Waals surface area contributed by atoms with E-state index in [2.05, 4.69) is 4.74 Å². The largest absolute Gasteiger partial charge is 0.479 e. The van der Waals surface area contributed by atoms with Gasteiger partial charge in [0.2, 0.25) is 5.91 Å². The molecule has 12 heteroatoms. The molecule has 2 aliphatic heterocycles. The van der Waals surface area contributed by atoms with Crippen LogP contribution in [0, 0.1) is 0 Å². The van der Waals surface area contributed by atoms with Crippen molar-refractivity contribution in [2.24, 2.45) is 0 Å². The van der Waals surface area contributed by atoms with Crippen LogP contribution in [0.1, 0.15) is 24.8 Å². The molecule has 6 N–H and O–H groups in total. The van der Waals surface area contributed by atoms with Crippen LogP contribution in [0.5, 0.6) is 0 Å². The average molecular weight is 417 g/mol. The van der Waals surface area contributed by atoms with Gasteiger partial charge in [0.15, 0.2) is 12.4 Å². The smallest absolute Gasteiger partial charge is 0.335 e. The van der Waals surface area contributed by atoms with Crippen LogP contribution in [0.3, 0.4) is 0 Å². The Hall–Kier alpha value is -1.38. The van der Waals surface area contributed by atoms with Crippen molar-refractivity contribution in [3.8, 4) is 0 Å². The van der Waals surface area contributed by atoms with E-state index in [0.29, 0.717) is 0 Å². The monoisotopic (exact) mass is 417 g/mol. The zero-order valence-corrected chi connectivity index (χ0v) is 15.0. The van der Waals surface area contributed by atoms with Crippen molar-refractivity contribution >= 4 is 11.9 Å². The highest BCUT2D eigenvalue weighted by Crippen LogP contribution is 2.30. The van der Waals surface area contributed by atoms with Gasteiger partial charge >= 0.3 is 5.97 Å². The third-order valence-electron chi connectivity index (χ3n) is 3.83. The Morgan fingerprint density at radius 1 is 1.18 bits per heavy atom. The molecule has 0 aromatic heterocycles. The van der Waals surface area contributed by atoms with Crippen LogP contribution in [0.15, 0.2) is 0 Å². The van der Waals surface area contributed by atoms with Gasteiger partial charge in [0.1, 0.15) is 36.5 Å². The van der Waals surface area contributed by atoms with Crippen LogP contribution in [0.25, 0.3) is 0 Å². The third-order valence-corrected chi connectivity index (χ3v) is 3.83. The number of carbonyl (C=O) groups excluding carboxylic acids is 1. The fourth-order valence-electron chi connectivity index (χ4n) is 2.58. The molecule has 0 radical (unpaired) electrons. The van der Waals surface area contributed by atoms with Crippen molar-refractivity contribution in [2.75, 3.05) is 13.7 Å². The molecule has 2 fully saturated rings. The van der Waals surface area contributed by atoms with Crippen molar-refractivity contribution < 1.29 is 65.0 Å². The zero-order chi connectivity index (χ0) is 28.5. The van der Waals surface area contributed by atoms with Gasteiger partial charge < -0.3 is 49.8 Å². The number of carbonyl (C=O) groups is 2. The highest BCUT2D eigenvalue weighted by atomic mass is 16.7. The van der Waals surface area contributed by atoms with Crippen molar-refractivity contribution in [1.29, 1.82) is 0 Å². The average Bonchev–Trinajstić information content (AvgIpc) is 2.67. The van der Waals surface area contributed by atoms with Gasteiger partial charge in [-0.1, -0.05) is 0 Å². The Balaban J connectivity index is 2.75. The van der Waals surface area contributed by atoms with E-state index >= 15 is 0 Å². The van der Waals surface area contributed by atoms with E-state index in [1.165, 1.54) is 0 Å². The van der Waals surface area contributed by atoms with Crippen molar-refractivity contribution in [3.05, 3.63) is 0 Å². The molecule has 0 aromatic carbocycles. The number of carboxylic acids is 1. The van der Waals surface area contributed by atoms with Gasteiger partial charge in [-0.05, 0) is 6.92 Å². The third kappa shape index (κ3) is 4.60. The van der Waals surface area contributed by atoms with Gasteiger partial charge in [0.25, 0.3) is 0 Å². The molecule has 0 bridgehead atoms. The lowest BCUT2D eigenvalue weighted by Gasteiger charge is -2.47. The Morgan fingerprint density at radius 3 is 2.32 bits per heavy atom. The van der Waals surface area contributed by atoms with Crippen LogP contribution in [-0.4, -0.2) is 112 Å². The topological polar surface area (TPSA) is 184 Å². The summed E-state index contributed by atoms with van der Waals surface area (Å²) in [7, 11) is 0.725. The summed E-state index contributed by atoms with van der Waals surface area (Å²) in [6.45, 7) is -2.06. The number of aliphatic hydroxyl groups is 4. The minimum Gasteiger partial charge on any atom is -0.479 e. The van der Waals surface area contributed by atoms with E-state index < -0.39 is 79.5 Å². The highest BCUT2D eigenvalue weighted by molar-refractivity contribution is 5.73. The first-order valence-electron chi connectivity index (χ1n) is 11.8. The SMILES string of the molecule is [2H]C1(C(=O)O)O[C@@H](OC2[C@]([2H])(NC(C)=O)[C@H](C)OC([2H])(C([2H])([2H])O)[C@@]2([2H])O)[C@@]([2H])(O)C([2H])(O)[C@@H]1OC. The summed E-state index contributed by atoms with van der Waals surface area (Å²) in [6, 6.07) is -2.90. The second kappa shape index (κ2) is 9.41. The van der Waals surface area contributed by atoms with E-state index in [0.717, 1.165) is 21.0 Å². The summed E-state index contributed by atoms with van der Waals surface area (Å²) in [5.41, 5.74) is 0. The van der Waals surface area contributed by atoms with Crippen LogP contribution in [-0.2, 0) is 28.5 Å². The fraction of sp³-hybridized carbons (Fsp3) is 0.875. The number of carboxylic acid groups (broad SMARTS) is 1. The number of rotatable bonds is 6. The number of methoxy groups -OCH3 is 1. The van der Waals surface area contributed by atoms with E-state index in [1.54, 1.807) is 0 Å². The zero-order valence-electron chi connectivity index (χ0n) is 23.0. The molecule has 4 unspecified atom stereocenters. The Labute approximate surface area is 172 Å². The summed E-state index contributed by atoms with van der Waals surface area (Å²) >= 11 is 0. The molecule has 2 heterocycles. The Kier molecular flexibility index (Phi) is 4.63. The molecule has 2 aliphatic rings. The molecule has 0 saturated carbocycles. The highest BCUT2D eigenvalue weighted by Gasteiger charge is 2.52. The van der Waals surface area contributed by atoms with E-state index in [-0.39, 0.29) is 0 Å². The number of hydrogen-bond acceptors (Lipinski definition) is 10. The first-order chi connectivity index (χ1) is 15.9. The second-order valence-electron chi connectivity index (χ2n) is 5.74. The fourth-order valence-corrected chi connectivity index (χ4v) is 2.58. The van der Waals surface area contributed by atoms with Gasteiger partial charge in [0, 0.05) is 14.0 Å². The number of ether oxygens (including phenoxy) is 4. The summed E-state index contributed by atoms with van der Waals surface area (Å²) in [5.74, 6) is -3.25. The minimum absolute atomic E-state index is 0.725. The molecule has 10 atom stereocenters. The Bertz CT molecular complexity index is 904. The maximum atomic E-state index is 11.8. The second-order valence-corrected chi connectivity index (χ2v) is 5.74. The lowest BCUT2D eigenvalue weighted by molar-refractivity contribution is -0.327. The summed E-state index contributed by atoms with van der Waals surface area (Å²) in [4.78, 5) is 23.6. The molecule has 162 valence electrons. The summed E-state index contributed by atoms with van der Waals surface area (Å²) in [6.07, 6.45) is -29.0. The lowest BCUT2D eigenvalue weighted by Crippen LogP contribution is -2.67. The molecular formula is C16H27NO11. The first kappa shape index (κ1) is 13.8. The molecule has 28 heavy (non-hydrogen) atoms. The van der Waals surface area contributed by atoms with E-state index in [4.69, 9.17) is 25.2 Å². The van der Waals surface area contributed by atoms with Gasteiger partial charge in [0.05, 0.1) is 29.6 Å². The number of hydrogen-bond donors (Lipinski definition) is 6. The molecule has 0 aromatic rings. The van der Waals surface area contributed by atoms with Crippen LogP contribution in [0.2, 0.25) is 0 Å². The van der Waals surface area contributed by atoms with Crippen molar-refractivity contribution in [2.45, 2.75) is 74.9 Å². The molecule has 12 nitrogen and oxygen atoms in total. The molecule has 0 spiro atoms. The first-order valence-corrected chi connectivity index (χ1v) is 7.83. The molecule has 0 aliphatic carbocycles. The van der Waals surface area contributed by atoms with Gasteiger partial charge in [-0.15, -0.1) is 0 Å². The minimum atomic E-state index is -3.92. The standard InChI is InChI=1S/C16H27NO11/c1-5-8(17-6(2)19)12(9(20)7(4-18)26-5)27-16-11(22)10(21)13(25-3)14(28-16)15(23)24/h5,7-14,16,18,20-22H,4H2,1-3H3,(H,17,19)(H,23,24)/t5-,7?,8+,9+,10?,11-,12?,13-,14?,16+/m0/s1/i4D2,7D,8D,9D,10D,11D,14D. The van der Waals surface area contributed by atoms with Crippen molar-refractivity contribution in [1.82, 2.24) is 5.32 Å². The quantitative estimate of drug-likeness (QED) is 0.253. The molecule has 1 amide bonds. The van der Waals surface area contributed by atoms with Crippen LogP contribution >= 0.6 is 0 Å². The number of aliphatic carboxylic acids is 1. The number of nitrogens with one attached hydrogen (secondary N) is 1. The summed E-state index contributed by atoms with van der Waals surface area (Å²) < 4.78 is 83.5. The predicted molar refractivity (Wildman–Crippen MR) is 89.0 cm³/mol. The van der Waals surface area contributed by atoms with Crippen molar-refractivity contribution in [3.63, 3.8) is 0 Å². The van der Waals surface area contributed by atoms with Crippen LogP contribution in [0.4, 0.5) is 0 Å². The molecular weight excluding hydrogens is 382 g/mol. The van der Waals surface area contributed by atoms with Gasteiger partial charge in [-0.3, -0.25) is 4.79 Å². The Morgan fingerprint density at radius 2 is 1.82 bits per heavy atom. The normalized spacial score (nSPS) is 64.5. The van der Waals surface area contributed by atoms with Gasteiger partial charge in [-0.2, -0.15) is 0 Å². The predicted octanol–water partition coefficient (Wildman–Crippen LogP) is -3.44. The van der Waals surface area contributed by atoms with Gasteiger partial charge in [-0.25, -0.2) is 4.79 Å². The van der Waals surface area contributed by atoms with Crippen LogP contribution < -0.4 is 5.32 Å². The summed E-state index contributed by atoms with van der Waals surface area (Å²) in [5, 5.41) is 53.3. The maximum Gasteiger partial charge on any atom is 0.335 e. The molecule has 2 saturated heterocycles. The molecule has 2 rings (SSSR count). The van der Waals surface area contributed by atoms with E-state index in [1.807, 2.05) is 5.32 Å². The lowest BCUT2D eigenvalue weighted by atomic mass is 9.92. The van der Waals surface area contributed by atoms with E-state index in [9.17, 15) is 35.1 Å². The maximum absolute atomic E-state index is 11.8.